The third-order valence-electron chi connectivity index (χ3n) is 6.32. The lowest BCUT2D eigenvalue weighted by Gasteiger charge is -2.33. The Labute approximate surface area is 178 Å². The number of hydrogen-bond acceptors (Lipinski definition) is 2. The van der Waals surface area contributed by atoms with E-state index in [9.17, 15) is 0 Å². The summed E-state index contributed by atoms with van der Waals surface area (Å²) in [4.78, 5) is 5.29. The SMILES string of the molecule is CCCCCCCCCCCCN1C=CN(CCCCC)C1CCCCCC. The number of unbranched alkanes of at least 4 members (excludes halogenated alkanes) is 14. The lowest BCUT2D eigenvalue weighted by atomic mass is 10.1. The molecule has 0 bridgehead atoms. The molecule has 2 heteroatoms. The highest BCUT2D eigenvalue weighted by atomic mass is 15.4. The summed E-state index contributed by atoms with van der Waals surface area (Å²) in [6, 6.07) is 0. The van der Waals surface area contributed by atoms with Crippen LogP contribution in [0.5, 0.6) is 0 Å². The standard InChI is InChI=1S/C26H52N2/c1-4-7-10-12-13-14-15-16-17-20-23-28-25-24-27(22-19-9-6-3)26(28)21-18-11-8-5-2/h24-26H,4-23H2,1-3H3. The molecule has 0 amide bonds. The van der Waals surface area contributed by atoms with Gasteiger partial charge in [0.05, 0.1) is 0 Å². The van der Waals surface area contributed by atoms with Gasteiger partial charge >= 0.3 is 0 Å². The number of nitrogens with zero attached hydrogens (tertiary/aromatic N) is 2. The zero-order valence-corrected chi connectivity index (χ0v) is 19.8. The summed E-state index contributed by atoms with van der Waals surface area (Å²) in [6.07, 6.45) is 30.6. The van der Waals surface area contributed by atoms with Crippen LogP contribution in [0.4, 0.5) is 0 Å². The first-order valence-electron chi connectivity index (χ1n) is 13.0. The van der Waals surface area contributed by atoms with Gasteiger partial charge in [-0.25, -0.2) is 0 Å². The summed E-state index contributed by atoms with van der Waals surface area (Å²) in [5.41, 5.74) is 0. The Kier molecular flexibility index (Phi) is 16.7. The van der Waals surface area contributed by atoms with E-state index in [1.807, 2.05) is 0 Å². The van der Waals surface area contributed by atoms with Gasteiger partial charge in [0.2, 0.25) is 0 Å². The zero-order chi connectivity index (χ0) is 20.3. The second-order valence-corrected chi connectivity index (χ2v) is 8.99. The van der Waals surface area contributed by atoms with Gasteiger partial charge in [0, 0.05) is 25.5 Å². The third kappa shape index (κ3) is 12.0. The van der Waals surface area contributed by atoms with Crippen molar-refractivity contribution in [3.05, 3.63) is 12.4 Å². The summed E-state index contributed by atoms with van der Waals surface area (Å²) >= 11 is 0. The molecule has 0 saturated heterocycles. The Balaban J connectivity index is 2.18. The van der Waals surface area contributed by atoms with Crippen LogP contribution in [-0.2, 0) is 0 Å². The van der Waals surface area contributed by atoms with E-state index in [2.05, 4.69) is 43.0 Å². The minimum absolute atomic E-state index is 0.646. The summed E-state index contributed by atoms with van der Waals surface area (Å²) in [6.45, 7) is 9.42. The molecule has 0 aromatic heterocycles. The Morgan fingerprint density at radius 1 is 0.464 bits per heavy atom. The minimum atomic E-state index is 0.646. The molecule has 1 aliphatic heterocycles. The van der Waals surface area contributed by atoms with Crippen LogP contribution in [0, 0.1) is 0 Å². The molecule has 1 heterocycles. The Morgan fingerprint density at radius 3 is 1.32 bits per heavy atom. The molecule has 0 aromatic rings. The number of rotatable bonds is 20. The van der Waals surface area contributed by atoms with E-state index in [0.29, 0.717) is 6.17 Å². The minimum Gasteiger partial charge on any atom is -0.356 e. The van der Waals surface area contributed by atoms with Crippen molar-refractivity contribution in [1.82, 2.24) is 9.80 Å². The van der Waals surface area contributed by atoms with E-state index >= 15 is 0 Å². The molecule has 0 N–H and O–H groups in total. The molecule has 0 spiro atoms. The molecule has 2 nitrogen and oxygen atoms in total. The van der Waals surface area contributed by atoms with Crippen LogP contribution in [-0.4, -0.2) is 29.1 Å². The first-order chi connectivity index (χ1) is 13.8. The lowest BCUT2D eigenvalue weighted by Crippen LogP contribution is -2.39. The van der Waals surface area contributed by atoms with E-state index in [0.717, 1.165) is 0 Å². The van der Waals surface area contributed by atoms with Crippen LogP contribution in [0.15, 0.2) is 12.4 Å². The van der Waals surface area contributed by atoms with Crippen molar-refractivity contribution in [3.8, 4) is 0 Å². The van der Waals surface area contributed by atoms with Crippen molar-refractivity contribution in [2.24, 2.45) is 0 Å². The topological polar surface area (TPSA) is 6.48 Å². The van der Waals surface area contributed by atoms with Gasteiger partial charge in [-0.15, -0.1) is 0 Å². The van der Waals surface area contributed by atoms with E-state index in [1.165, 1.54) is 129 Å². The molecular formula is C26H52N2. The zero-order valence-electron chi connectivity index (χ0n) is 19.8. The fraction of sp³-hybridized carbons (Fsp3) is 0.923. The third-order valence-corrected chi connectivity index (χ3v) is 6.32. The molecule has 28 heavy (non-hydrogen) atoms. The normalized spacial score (nSPS) is 16.5. The molecule has 166 valence electrons. The van der Waals surface area contributed by atoms with Crippen LogP contribution in [0.25, 0.3) is 0 Å². The summed E-state index contributed by atoms with van der Waals surface area (Å²) in [7, 11) is 0. The van der Waals surface area contributed by atoms with Crippen molar-refractivity contribution in [2.75, 3.05) is 13.1 Å². The molecule has 1 unspecified atom stereocenters. The first kappa shape index (κ1) is 25.4. The van der Waals surface area contributed by atoms with Gasteiger partial charge in [-0.05, 0) is 25.7 Å². The van der Waals surface area contributed by atoms with Gasteiger partial charge in [0.15, 0.2) is 0 Å². The molecule has 1 atom stereocenters. The predicted molar refractivity (Wildman–Crippen MR) is 126 cm³/mol. The van der Waals surface area contributed by atoms with Gasteiger partial charge in [0.1, 0.15) is 6.17 Å². The van der Waals surface area contributed by atoms with Crippen LogP contribution >= 0.6 is 0 Å². The van der Waals surface area contributed by atoms with Crippen LogP contribution in [0.1, 0.15) is 136 Å². The predicted octanol–water partition coefficient (Wildman–Crippen LogP) is 8.48. The van der Waals surface area contributed by atoms with E-state index < -0.39 is 0 Å². The van der Waals surface area contributed by atoms with Crippen LogP contribution in [0.2, 0.25) is 0 Å². The maximum Gasteiger partial charge on any atom is 0.101 e. The van der Waals surface area contributed by atoms with E-state index in [1.54, 1.807) is 0 Å². The molecule has 0 aliphatic carbocycles. The average molecular weight is 393 g/mol. The average Bonchev–Trinajstić information content (AvgIpc) is 3.08. The van der Waals surface area contributed by atoms with Crippen molar-refractivity contribution in [1.29, 1.82) is 0 Å². The second-order valence-electron chi connectivity index (χ2n) is 8.99. The Bertz CT molecular complexity index is 352. The van der Waals surface area contributed by atoms with Gasteiger partial charge in [0.25, 0.3) is 0 Å². The highest BCUT2D eigenvalue weighted by molar-refractivity contribution is 4.96. The van der Waals surface area contributed by atoms with Gasteiger partial charge < -0.3 is 9.80 Å². The molecule has 0 saturated carbocycles. The van der Waals surface area contributed by atoms with Crippen molar-refractivity contribution < 1.29 is 0 Å². The number of hydrogen-bond donors (Lipinski definition) is 0. The first-order valence-corrected chi connectivity index (χ1v) is 13.0. The highest BCUT2D eigenvalue weighted by Gasteiger charge is 2.24. The quantitative estimate of drug-likeness (QED) is 0.192. The monoisotopic (exact) mass is 392 g/mol. The molecule has 1 rings (SSSR count). The maximum atomic E-state index is 2.66. The van der Waals surface area contributed by atoms with E-state index in [4.69, 9.17) is 0 Å². The van der Waals surface area contributed by atoms with Crippen molar-refractivity contribution in [2.45, 2.75) is 143 Å². The highest BCUT2D eigenvalue weighted by Crippen LogP contribution is 2.23. The van der Waals surface area contributed by atoms with Crippen LogP contribution in [0.3, 0.4) is 0 Å². The summed E-state index contributed by atoms with van der Waals surface area (Å²) in [5, 5.41) is 0. The second kappa shape index (κ2) is 18.4. The molecule has 0 fully saturated rings. The fourth-order valence-corrected chi connectivity index (χ4v) is 4.42. The largest absolute Gasteiger partial charge is 0.356 e. The molecular weight excluding hydrogens is 340 g/mol. The maximum absolute atomic E-state index is 2.66. The van der Waals surface area contributed by atoms with Gasteiger partial charge in [-0.2, -0.15) is 0 Å². The molecule has 0 aromatic carbocycles. The molecule has 0 radical (unpaired) electrons. The lowest BCUT2D eigenvalue weighted by molar-refractivity contribution is 0.135. The van der Waals surface area contributed by atoms with Gasteiger partial charge in [-0.1, -0.05) is 111 Å². The smallest absolute Gasteiger partial charge is 0.101 e. The molecule has 1 aliphatic rings. The van der Waals surface area contributed by atoms with Crippen molar-refractivity contribution >= 4 is 0 Å². The summed E-state index contributed by atoms with van der Waals surface area (Å²) in [5.74, 6) is 0. The van der Waals surface area contributed by atoms with Crippen LogP contribution < -0.4 is 0 Å². The van der Waals surface area contributed by atoms with Gasteiger partial charge in [-0.3, -0.25) is 0 Å². The van der Waals surface area contributed by atoms with Crippen molar-refractivity contribution in [3.63, 3.8) is 0 Å². The Hall–Kier alpha value is -0.660. The summed E-state index contributed by atoms with van der Waals surface area (Å²) < 4.78 is 0. The Morgan fingerprint density at radius 2 is 0.821 bits per heavy atom. The fourth-order valence-electron chi connectivity index (χ4n) is 4.42. The van der Waals surface area contributed by atoms with E-state index in [-0.39, 0.29) is 0 Å².